The first-order valence-electron chi connectivity index (χ1n) is 4.86. The summed E-state index contributed by atoms with van der Waals surface area (Å²) in [6, 6.07) is 10.5. The second-order valence-corrected chi connectivity index (χ2v) is 2.19. The van der Waals surface area contributed by atoms with Crippen LogP contribution >= 0.6 is 0 Å². The number of hydrogen-bond acceptors (Lipinski definition) is 0. The number of benzene rings is 1. The molecule has 1 rings (SSSR count). The molecule has 0 saturated carbocycles. The SMILES string of the molecule is CC.CCC.[CH-]=Cc1[c-]cccc1.[Y]. The largest absolute Gasteiger partial charge is 0.344 e. The molecule has 0 fully saturated rings. The second kappa shape index (κ2) is 18.8. The van der Waals surface area contributed by atoms with E-state index in [9.17, 15) is 0 Å². The first-order valence-corrected chi connectivity index (χ1v) is 4.86. The molecule has 0 aromatic heterocycles. The fourth-order valence-corrected chi connectivity index (χ4v) is 0.511. The van der Waals surface area contributed by atoms with Crippen LogP contribution in [0.5, 0.6) is 0 Å². The van der Waals surface area contributed by atoms with E-state index in [0.717, 1.165) is 5.56 Å². The van der Waals surface area contributed by atoms with Crippen molar-refractivity contribution in [3.8, 4) is 0 Å². The van der Waals surface area contributed by atoms with Gasteiger partial charge in [-0.15, -0.1) is 6.07 Å². The minimum Gasteiger partial charge on any atom is -0.344 e. The van der Waals surface area contributed by atoms with Crippen molar-refractivity contribution < 1.29 is 32.7 Å². The monoisotopic (exact) mass is 265 g/mol. The van der Waals surface area contributed by atoms with E-state index < -0.39 is 0 Å². The van der Waals surface area contributed by atoms with Gasteiger partial charge in [0.1, 0.15) is 0 Å². The van der Waals surface area contributed by atoms with Crippen LogP contribution in [0.1, 0.15) is 39.7 Å². The van der Waals surface area contributed by atoms with Gasteiger partial charge in [0.2, 0.25) is 0 Å². The molecule has 0 aliphatic rings. The van der Waals surface area contributed by atoms with E-state index in [1.54, 1.807) is 0 Å². The Morgan fingerprint density at radius 1 is 1.29 bits per heavy atom. The van der Waals surface area contributed by atoms with E-state index in [1.807, 2.05) is 38.1 Å². The summed E-state index contributed by atoms with van der Waals surface area (Å²) in [7, 11) is 0. The normalized spacial score (nSPS) is 6.57. The summed E-state index contributed by atoms with van der Waals surface area (Å²) in [6.07, 6.45) is 2.78. The Morgan fingerprint density at radius 2 is 1.79 bits per heavy atom. The van der Waals surface area contributed by atoms with Gasteiger partial charge in [-0.25, -0.2) is 12.1 Å². The van der Waals surface area contributed by atoms with Crippen molar-refractivity contribution in [3.63, 3.8) is 0 Å². The smallest absolute Gasteiger partial charge is 0 e. The van der Waals surface area contributed by atoms with Gasteiger partial charge in [-0.2, -0.15) is 12.1 Å². The molecule has 14 heavy (non-hydrogen) atoms. The molecule has 77 valence electrons. The molecule has 1 radical (unpaired) electrons. The molecule has 0 saturated heterocycles. The summed E-state index contributed by atoms with van der Waals surface area (Å²) in [4.78, 5) is 0. The molecule has 0 aliphatic heterocycles. The Kier molecular flexibility index (Phi) is 26.3. The molecule has 0 bridgehead atoms. The van der Waals surface area contributed by atoms with Crippen LogP contribution in [-0.2, 0) is 32.7 Å². The Bertz CT molecular complexity index is 180. The summed E-state index contributed by atoms with van der Waals surface area (Å²) in [6.45, 7) is 13.4. The van der Waals surface area contributed by atoms with Gasteiger partial charge >= 0.3 is 0 Å². The third kappa shape index (κ3) is 14.6. The number of hydrogen-bond donors (Lipinski definition) is 0. The molecule has 0 amide bonds. The Morgan fingerprint density at radius 3 is 2.00 bits per heavy atom. The molecule has 0 aliphatic carbocycles. The van der Waals surface area contributed by atoms with Gasteiger partial charge in [-0.1, -0.05) is 34.1 Å². The van der Waals surface area contributed by atoms with Gasteiger partial charge in [0, 0.05) is 32.7 Å². The van der Waals surface area contributed by atoms with Crippen molar-refractivity contribution in [2.24, 2.45) is 0 Å². The molecule has 0 N–H and O–H groups in total. The zero-order chi connectivity index (χ0) is 10.5. The van der Waals surface area contributed by atoms with Crippen LogP contribution in [0.3, 0.4) is 0 Å². The van der Waals surface area contributed by atoms with Crippen LogP contribution in [0, 0.1) is 12.6 Å². The van der Waals surface area contributed by atoms with Gasteiger partial charge in [0.25, 0.3) is 0 Å². The van der Waals surface area contributed by atoms with E-state index in [2.05, 4.69) is 19.9 Å². The van der Waals surface area contributed by atoms with Crippen molar-refractivity contribution in [1.82, 2.24) is 0 Å². The third-order valence-electron chi connectivity index (χ3n) is 0.913. The predicted octanol–water partition coefficient (Wildman–Crippen LogP) is 4.37. The third-order valence-corrected chi connectivity index (χ3v) is 0.913. The van der Waals surface area contributed by atoms with E-state index in [1.165, 1.54) is 12.5 Å². The van der Waals surface area contributed by atoms with Gasteiger partial charge < -0.3 is 18.2 Å². The van der Waals surface area contributed by atoms with Crippen LogP contribution in [0.15, 0.2) is 24.3 Å². The topological polar surface area (TPSA) is 0 Å². The first-order chi connectivity index (χ1) is 6.35. The zero-order valence-electron chi connectivity index (χ0n) is 9.75. The molecule has 0 spiro atoms. The average Bonchev–Trinajstić information content (AvgIpc) is 2.23. The van der Waals surface area contributed by atoms with Crippen molar-refractivity contribution in [2.75, 3.05) is 0 Å². The Hall–Kier alpha value is 0.0639. The Balaban J connectivity index is -0.000000176. The van der Waals surface area contributed by atoms with Crippen LogP contribution in [0.2, 0.25) is 0 Å². The minimum absolute atomic E-state index is 0. The van der Waals surface area contributed by atoms with Gasteiger partial charge in [0.15, 0.2) is 0 Å². The molecule has 1 heteroatoms. The number of rotatable bonds is 1. The summed E-state index contributed by atoms with van der Waals surface area (Å²) in [5, 5.41) is 0. The van der Waals surface area contributed by atoms with Crippen LogP contribution in [-0.4, -0.2) is 0 Å². The maximum atomic E-state index is 5.19. The van der Waals surface area contributed by atoms with Crippen LogP contribution in [0.4, 0.5) is 0 Å². The summed E-state index contributed by atoms with van der Waals surface area (Å²) >= 11 is 0. The van der Waals surface area contributed by atoms with Crippen LogP contribution < -0.4 is 0 Å². The maximum Gasteiger partial charge on any atom is 0 e. The quantitative estimate of drug-likeness (QED) is 0.661. The average molecular weight is 265 g/mol. The van der Waals surface area contributed by atoms with Crippen molar-refractivity contribution >= 4 is 6.08 Å². The van der Waals surface area contributed by atoms with Crippen molar-refractivity contribution in [3.05, 3.63) is 42.5 Å². The minimum atomic E-state index is 0. The fraction of sp³-hybridized carbons (Fsp3) is 0.385. The van der Waals surface area contributed by atoms with E-state index in [4.69, 9.17) is 6.58 Å². The maximum absolute atomic E-state index is 5.19. The molecule has 0 heterocycles. The molecule has 0 atom stereocenters. The molecule has 1 aromatic rings. The molecule has 1 aromatic carbocycles. The zero-order valence-corrected chi connectivity index (χ0v) is 12.6. The standard InChI is InChI=1S/C8H6.C3H8.C2H6.Y/c1-2-8-6-4-3-5-7-8;1-3-2;1-2;/h1-6H;3H2,1-2H3;1-2H3;/q-2;;;. The van der Waals surface area contributed by atoms with Crippen LogP contribution in [0.25, 0.3) is 6.08 Å². The summed E-state index contributed by atoms with van der Waals surface area (Å²) < 4.78 is 0. The summed E-state index contributed by atoms with van der Waals surface area (Å²) in [5.74, 6) is 0. The predicted molar refractivity (Wildman–Crippen MR) is 61.4 cm³/mol. The van der Waals surface area contributed by atoms with E-state index in [0.29, 0.717) is 0 Å². The summed E-state index contributed by atoms with van der Waals surface area (Å²) in [5.41, 5.74) is 0.938. The van der Waals surface area contributed by atoms with Gasteiger partial charge in [0.05, 0.1) is 0 Å². The first kappa shape index (κ1) is 19.6. The van der Waals surface area contributed by atoms with Crippen molar-refractivity contribution in [1.29, 1.82) is 0 Å². The second-order valence-electron chi connectivity index (χ2n) is 2.19. The van der Waals surface area contributed by atoms with Gasteiger partial charge in [-0.3, -0.25) is 0 Å². The molecule has 0 unspecified atom stereocenters. The molecular formula is C13H20Y-2. The van der Waals surface area contributed by atoms with E-state index in [-0.39, 0.29) is 32.7 Å². The molecule has 0 nitrogen and oxygen atoms in total. The molecular weight excluding hydrogens is 245 g/mol. The van der Waals surface area contributed by atoms with Gasteiger partial charge in [-0.05, 0) is 0 Å². The van der Waals surface area contributed by atoms with E-state index >= 15 is 0 Å². The fourth-order valence-electron chi connectivity index (χ4n) is 0.511. The Labute approximate surface area is 115 Å². The van der Waals surface area contributed by atoms with Crippen molar-refractivity contribution in [2.45, 2.75) is 34.1 Å².